The Morgan fingerprint density at radius 1 is 1.29 bits per heavy atom. The van der Waals surface area contributed by atoms with Crippen molar-refractivity contribution in [1.29, 1.82) is 0 Å². The van der Waals surface area contributed by atoms with E-state index >= 15 is 0 Å². The summed E-state index contributed by atoms with van der Waals surface area (Å²) in [4.78, 5) is 25.5. The van der Waals surface area contributed by atoms with Crippen LogP contribution in [0, 0.1) is 0 Å². The van der Waals surface area contributed by atoms with Gasteiger partial charge < -0.3 is 9.47 Å². The lowest BCUT2D eigenvalue weighted by Gasteiger charge is -2.24. The zero-order valence-electron chi connectivity index (χ0n) is 15.0. The number of nitrogens with zero attached hydrogens (tertiary/aromatic N) is 1. The second kappa shape index (κ2) is 7.07. The van der Waals surface area contributed by atoms with Gasteiger partial charge >= 0.3 is 12.1 Å². The molecule has 2 rings (SSSR count). The quantitative estimate of drug-likeness (QED) is 0.621. The summed E-state index contributed by atoms with van der Waals surface area (Å²) in [6.45, 7) is 10.2. The number of fused-ring (bicyclic) bond motifs is 1. The number of rotatable bonds is 3. The largest absolute Gasteiger partial charge is 0.463 e. The van der Waals surface area contributed by atoms with Crippen LogP contribution < -0.4 is 4.90 Å². The number of carbonyl (C=O) groups excluding carboxylic acids is 2. The molecule has 24 heavy (non-hydrogen) atoms. The fourth-order valence-electron chi connectivity index (χ4n) is 2.60. The lowest BCUT2D eigenvalue weighted by atomic mass is 10.0. The molecule has 0 saturated carbocycles. The topological polar surface area (TPSA) is 55.8 Å². The van der Waals surface area contributed by atoms with Crippen LogP contribution in [0.4, 0.5) is 10.5 Å². The van der Waals surface area contributed by atoms with Gasteiger partial charge in [-0.15, -0.1) is 0 Å². The van der Waals surface area contributed by atoms with Gasteiger partial charge in [0.25, 0.3) is 0 Å². The highest BCUT2D eigenvalue weighted by Gasteiger charge is 2.29. The summed E-state index contributed by atoms with van der Waals surface area (Å²) >= 11 is 0. The summed E-state index contributed by atoms with van der Waals surface area (Å²) in [6, 6.07) is 5.83. The Morgan fingerprint density at radius 2 is 2.00 bits per heavy atom. The van der Waals surface area contributed by atoms with Gasteiger partial charge in [0.15, 0.2) is 0 Å². The number of esters is 1. The summed E-state index contributed by atoms with van der Waals surface area (Å²) in [6.07, 6.45) is 1.94. The van der Waals surface area contributed by atoms with E-state index in [2.05, 4.69) is 0 Å². The molecular formula is C19H25NO4. The van der Waals surface area contributed by atoms with Crippen LogP contribution in [0.1, 0.15) is 45.7 Å². The maximum atomic E-state index is 12.3. The van der Waals surface area contributed by atoms with E-state index in [0.717, 1.165) is 28.8 Å². The third-order valence-corrected chi connectivity index (χ3v) is 3.67. The first kappa shape index (κ1) is 18.0. The van der Waals surface area contributed by atoms with E-state index in [4.69, 9.17) is 9.47 Å². The van der Waals surface area contributed by atoms with Crippen molar-refractivity contribution in [2.24, 2.45) is 0 Å². The Bertz CT molecular complexity index is 670. The Balaban J connectivity index is 2.19. The number of amides is 1. The van der Waals surface area contributed by atoms with Crippen LogP contribution in [0.5, 0.6) is 0 Å². The molecule has 0 aliphatic carbocycles. The van der Waals surface area contributed by atoms with E-state index in [1.165, 1.54) is 6.08 Å². The molecule has 0 N–H and O–H groups in total. The van der Waals surface area contributed by atoms with Crippen LogP contribution in [-0.4, -0.2) is 30.8 Å². The number of carbonyl (C=O) groups is 2. The van der Waals surface area contributed by atoms with Crippen LogP contribution >= 0.6 is 0 Å². The molecule has 0 saturated heterocycles. The maximum Gasteiger partial charge on any atom is 0.414 e. The summed E-state index contributed by atoms with van der Waals surface area (Å²) < 4.78 is 10.4. The minimum Gasteiger partial charge on any atom is -0.463 e. The first-order chi connectivity index (χ1) is 11.2. The van der Waals surface area contributed by atoms with Crippen molar-refractivity contribution in [2.45, 2.75) is 46.6 Å². The Labute approximate surface area is 143 Å². The van der Waals surface area contributed by atoms with Gasteiger partial charge in [-0.1, -0.05) is 6.07 Å². The van der Waals surface area contributed by atoms with Gasteiger partial charge in [0, 0.05) is 12.6 Å². The predicted molar refractivity (Wildman–Crippen MR) is 94.0 cm³/mol. The molecule has 130 valence electrons. The molecule has 1 amide bonds. The monoisotopic (exact) mass is 331 g/mol. The van der Waals surface area contributed by atoms with Crippen LogP contribution in [0.15, 0.2) is 24.3 Å². The number of hydrogen-bond donors (Lipinski definition) is 0. The lowest BCUT2D eigenvalue weighted by molar-refractivity contribution is -0.137. The Kier molecular flexibility index (Phi) is 5.32. The van der Waals surface area contributed by atoms with Gasteiger partial charge in [0.2, 0.25) is 0 Å². The van der Waals surface area contributed by atoms with Gasteiger partial charge in [0.05, 0.1) is 12.3 Å². The van der Waals surface area contributed by atoms with Crippen molar-refractivity contribution in [3.8, 4) is 0 Å². The van der Waals surface area contributed by atoms with Crippen LogP contribution in [-0.2, 0) is 20.7 Å². The predicted octanol–water partition coefficient (Wildman–Crippen LogP) is 3.95. The molecule has 0 bridgehead atoms. The summed E-state index contributed by atoms with van der Waals surface area (Å²) in [5, 5.41) is 0. The Hall–Kier alpha value is -2.30. The normalized spacial score (nSPS) is 14.4. The van der Waals surface area contributed by atoms with E-state index in [9.17, 15) is 9.59 Å². The van der Waals surface area contributed by atoms with E-state index in [1.54, 1.807) is 11.8 Å². The third-order valence-electron chi connectivity index (χ3n) is 3.67. The fraction of sp³-hybridized carbons (Fsp3) is 0.474. The van der Waals surface area contributed by atoms with E-state index in [1.807, 2.05) is 45.9 Å². The average Bonchev–Trinajstić information content (AvgIpc) is 2.88. The van der Waals surface area contributed by atoms with Crippen molar-refractivity contribution in [1.82, 2.24) is 0 Å². The second-order valence-electron chi connectivity index (χ2n) is 6.80. The molecule has 0 aromatic heterocycles. The lowest BCUT2D eigenvalue weighted by Crippen LogP contribution is -2.35. The maximum absolute atomic E-state index is 12.3. The number of hydrogen-bond acceptors (Lipinski definition) is 4. The highest BCUT2D eigenvalue weighted by molar-refractivity contribution is 5.93. The SMILES string of the molecule is CCOC(=O)C=C(C)c1ccc2c(c1)CCN2C(=O)OC(C)(C)C. The van der Waals surface area contributed by atoms with Crippen molar-refractivity contribution >= 4 is 23.3 Å². The number of benzene rings is 1. The van der Waals surface area contributed by atoms with Crippen LogP contribution in [0.2, 0.25) is 0 Å². The molecule has 0 spiro atoms. The molecule has 0 atom stereocenters. The first-order valence-electron chi connectivity index (χ1n) is 8.20. The minimum absolute atomic E-state index is 0.326. The number of ether oxygens (including phenoxy) is 2. The molecule has 1 aromatic rings. The summed E-state index contributed by atoms with van der Waals surface area (Å²) in [5.74, 6) is -0.342. The van der Waals surface area contributed by atoms with Crippen molar-refractivity contribution in [2.75, 3.05) is 18.1 Å². The first-order valence-corrected chi connectivity index (χ1v) is 8.20. The molecule has 5 heteroatoms. The molecule has 1 aromatic carbocycles. The zero-order chi connectivity index (χ0) is 17.9. The van der Waals surface area contributed by atoms with Gasteiger partial charge in [-0.2, -0.15) is 0 Å². The molecular weight excluding hydrogens is 306 g/mol. The molecule has 0 unspecified atom stereocenters. The minimum atomic E-state index is -0.515. The van der Waals surface area contributed by atoms with Crippen molar-refractivity contribution in [3.63, 3.8) is 0 Å². The standard InChI is InChI=1S/C19H25NO4/c1-6-23-17(21)11-13(2)14-7-8-16-15(12-14)9-10-20(16)18(22)24-19(3,4)5/h7-8,11-12H,6,9-10H2,1-5H3. The second-order valence-corrected chi connectivity index (χ2v) is 6.80. The summed E-state index contributed by atoms with van der Waals surface area (Å²) in [7, 11) is 0. The zero-order valence-corrected chi connectivity index (χ0v) is 15.0. The third kappa shape index (κ3) is 4.37. The van der Waals surface area contributed by atoms with Crippen molar-refractivity contribution in [3.05, 3.63) is 35.4 Å². The Morgan fingerprint density at radius 3 is 2.62 bits per heavy atom. The van der Waals surface area contributed by atoms with Gasteiger partial charge in [-0.3, -0.25) is 4.90 Å². The highest BCUT2D eigenvalue weighted by atomic mass is 16.6. The molecule has 0 radical (unpaired) electrons. The van der Waals surface area contributed by atoms with Crippen LogP contribution in [0.25, 0.3) is 5.57 Å². The highest BCUT2D eigenvalue weighted by Crippen LogP contribution is 2.32. The van der Waals surface area contributed by atoms with E-state index in [0.29, 0.717) is 13.2 Å². The summed E-state index contributed by atoms with van der Waals surface area (Å²) in [5.41, 5.74) is 3.23. The molecule has 5 nitrogen and oxygen atoms in total. The molecule has 1 aliphatic heterocycles. The number of anilines is 1. The number of allylic oxidation sites excluding steroid dienone is 1. The van der Waals surface area contributed by atoms with Crippen LogP contribution in [0.3, 0.4) is 0 Å². The van der Waals surface area contributed by atoms with Gasteiger partial charge in [-0.05, 0) is 69.9 Å². The molecule has 1 heterocycles. The van der Waals surface area contributed by atoms with E-state index < -0.39 is 5.60 Å². The van der Waals surface area contributed by atoms with E-state index in [-0.39, 0.29) is 12.1 Å². The molecule has 0 fully saturated rings. The van der Waals surface area contributed by atoms with Crippen molar-refractivity contribution < 1.29 is 19.1 Å². The fourth-order valence-corrected chi connectivity index (χ4v) is 2.60. The van der Waals surface area contributed by atoms with Gasteiger partial charge in [0.1, 0.15) is 5.60 Å². The molecule has 1 aliphatic rings. The van der Waals surface area contributed by atoms with Gasteiger partial charge in [-0.25, -0.2) is 9.59 Å². The average molecular weight is 331 g/mol. The smallest absolute Gasteiger partial charge is 0.414 e.